The third kappa shape index (κ3) is 4.88. The fourth-order valence-corrected chi connectivity index (χ4v) is 4.19. The van der Waals surface area contributed by atoms with Crippen LogP contribution in [0.5, 0.6) is 0 Å². The van der Waals surface area contributed by atoms with Crippen molar-refractivity contribution in [3.05, 3.63) is 60.9 Å². The van der Waals surface area contributed by atoms with Gasteiger partial charge < -0.3 is 10.6 Å². The summed E-state index contributed by atoms with van der Waals surface area (Å²) in [6.07, 6.45) is 3.46. The minimum atomic E-state index is -0.459. The van der Waals surface area contributed by atoms with E-state index in [0.717, 1.165) is 26.2 Å². The summed E-state index contributed by atoms with van der Waals surface area (Å²) >= 11 is 1.61. The number of rotatable bonds is 5. The molecular formula is C24H25N5OS. The molecule has 158 valence electrons. The molecule has 0 saturated heterocycles. The van der Waals surface area contributed by atoms with Gasteiger partial charge in [0.2, 0.25) is 5.91 Å². The summed E-state index contributed by atoms with van der Waals surface area (Å²) in [7, 11) is 0. The number of nitrogens with zero attached hydrogens (tertiary/aromatic N) is 3. The Kier molecular flexibility index (Phi) is 5.69. The molecule has 1 amide bonds. The fraction of sp³-hybridized carbons (Fsp3) is 0.250. The lowest BCUT2D eigenvalue weighted by atomic mass is 10.1. The van der Waals surface area contributed by atoms with Gasteiger partial charge in [-0.25, -0.2) is 9.97 Å². The van der Waals surface area contributed by atoms with Gasteiger partial charge in [-0.05, 0) is 51.5 Å². The molecule has 0 fully saturated rings. The van der Waals surface area contributed by atoms with E-state index >= 15 is 0 Å². The van der Waals surface area contributed by atoms with Crippen LogP contribution in [-0.2, 0) is 4.79 Å². The molecule has 31 heavy (non-hydrogen) atoms. The van der Waals surface area contributed by atoms with Crippen molar-refractivity contribution in [2.45, 2.75) is 39.3 Å². The van der Waals surface area contributed by atoms with Crippen LogP contribution in [0.3, 0.4) is 0 Å². The van der Waals surface area contributed by atoms with E-state index in [9.17, 15) is 4.79 Å². The van der Waals surface area contributed by atoms with Gasteiger partial charge in [0.15, 0.2) is 5.82 Å². The first-order chi connectivity index (χ1) is 14.8. The lowest BCUT2D eigenvalue weighted by Crippen LogP contribution is -2.47. The van der Waals surface area contributed by atoms with Crippen LogP contribution >= 0.6 is 11.3 Å². The lowest BCUT2D eigenvalue weighted by molar-refractivity contribution is -0.122. The molecule has 1 unspecified atom stereocenters. The molecule has 2 N–H and O–H groups in total. The van der Waals surface area contributed by atoms with E-state index in [4.69, 9.17) is 9.97 Å². The van der Waals surface area contributed by atoms with E-state index in [1.807, 2.05) is 58.0 Å². The Balaban J connectivity index is 1.77. The summed E-state index contributed by atoms with van der Waals surface area (Å²) in [4.78, 5) is 28.4. The second kappa shape index (κ2) is 8.43. The van der Waals surface area contributed by atoms with Crippen LogP contribution in [0.2, 0.25) is 0 Å². The number of thiophene rings is 1. The number of nitrogens with one attached hydrogen (secondary N) is 2. The zero-order valence-corrected chi connectivity index (χ0v) is 18.8. The minimum Gasteiger partial charge on any atom is -0.358 e. The van der Waals surface area contributed by atoms with Gasteiger partial charge in [0.1, 0.15) is 16.7 Å². The second-order valence-electron chi connectivity index (χ2n) is 8.44. The van der Waals surface area contributed by atoms with Gasteiger partial charge in [0, 0.05) is 28.4 Å². The predicted molar refractivity (Wildman–Crippen MR) is 127 cm³/mol. The van der Waals surface area contributed by atoms with Gasteiger partial charge in [-0.2, -0.15) is 0 Å². The van der Waals surface area contributed by atoms with E-state index in [0.29, 0.717) is 11.6 Å². The Morgan fingerprint density at radius 3 is 2.45 bits per heavy atom. The maximum absolute atomic E-state index is 12.7. The zero-order valence-electron chi connectivity index (χ0n) is 18.0. The highest BCUT2D eigenvalue weighted by Gasteiger charge is 2.21. The van der Waals surface area contributed by atoms with Crippen molar-refractivity contribution in [2.75, 3.05) is 5.32 Å². The van der Waals surface area contributed by atoms with E-state index < -0.39 is 6.04 Å². The van der Waals surface area contributed by atoms with Crippen LogP contribution in [0.4, 0.5) is 5.82 Å². The van der Waals surface area contributed by atoms with Crippen LogP contribution in [0.1, 0.15) is 27.7 Å². The number of carbonyl (C=O) groups is 1. The van der Waals surface area contributed by atoms with E-state index in [2.05, 4.69) is 33.8 Å². The first-order valence-electron chi connectivity index (χ1n) is 10.2. The number of hydrogen-bond donors (Lipinski definition) is 2. The summed E-state index contributed by atoms with van der Waals surface area (Å²) in [5.74, 6) is 1.13. The van der Waals surface area contributed by atoms with E-state index in [1.165, 1.54) is 0 Å². The van der Waals surface area contributed by atoms with Gasteiger partial charge in [0.05, 0.1) is 5.39 Å². The largest absolute Gasteiger partial charge is 0.358 e. The van der Waals surface area contributed by atoms with Gasteiger partial charge in [-0.15, -0.1) is 11.3 Å². The highest BCUT2D eigenvalue weighted by molar-refractivity contribution is 7.22. The predicted octanol–water partition coefficient (Wildman–Crippen LogP) is 5.14. The van der Waals surface area contributed by atoms with Gasteiger partial charge >= 0.3 is 0 Å². The van der Waals surface area contributed by atoms with Crippen molar-refractivity contribution in [3.8, 4) is 21.8 Å². The first kappa shape index (κ1) is 20.9. The third-order valence-corrected chi connectivity index (χ3v) is 5.69. The summed E-state index contributed by atoms with van der Waals surface area (Å²) in [6.45, 7) is 7.73. The number of aromatic nitrogens is 3. The van der Waals surface area contributed by atoms with Crippen LogP contribution < -0.4 is 10.6 Å². The zero-order chi connectivity index (χ0) is 22.0. The Hall–Kier alpha value is -3.32. The molecular weight excluding hydrogens is 406 g/mol. The molecule has 0 radical (unpaired) electrons. The molecule has 7 heteroatoms. The average Bonchev–Trinajstić information content (AvgIpc) is 3.18. The maximum Gasteiger partial charge on any atom is 0.242 e. The number of fused-ring (bicyclic) bond motifs is 1. The fourth-order valence-electron chi connectivity index (χ4n) is 3.15. The Bertz CT molecular complexity index is 1200. The second-order valence-corrected chi connectivity index (χ2v) is 9.47. The quantitative estimate of drug-likeness (QED) is 0.458. The minimum absolute atomic E-state index is 0.0827. The Morgan fingerprint density at radius 2 is 1.77 bits per heavy atom. The van der Waals surface area contributed by atoms with E-state index in [1.54, 1.807) is 23.7 Å². The molecule has 0 saturated carbocycles. The van der Waals surface area contributed by atoms with Crippen LogP contribution in [0.15, 0.2) is 60.9 Å². The van der Waals surface area contributed by atoms with Crippen molar-refractivity contribution in [1.82, 2.24) is 20.3 Å². The van der Waals surface area contributed by atoms with Crippen molar-refractivity contribution in [3.63, 3.8) is 0 Å². The molecule has 1 aromatic carbocycles. The number of benzene rings is 1. The molecule has 3 heterocycles. The van der Waals surface area contributed by atoms with Gasteiger partial charge in [0.25, 0.3) is 0 Å². The third-order valence-electron chi connectivity index (χ3n) is 4.62. The molecule has 0 aliphatic carbocycles. The molecule has 0 aliphatic rings. The number of amides is 1. The van der Waals surface area contributed by atoms with Crippen LogP contribution in [-0.4, -0.2) is 32.4 Å². The molecule has 4 aromatic rings. The van der Waals surface area contributed by atoms with Crippen molar-refractivity contribution >= 4 is 33.3 Å². The SMILES string of the molecule is CC(Nc1nc(-c2cccnc2)nc2sc(-c3ccccc3)cc12)C(=O)NC(C)(C)C. The molecule has 0 aliphatic heterocycles. The van der Waals surface area contributed by atoms with Crippen molar-refractivity contribution < 1.29 is 4.79 Å². The number of carbonyl (C=O) groups excluding carboxylic acids is 1. The molecule has 1 atom stereocenters. The smallest absolute Gasteiger partial charge is 0.242 e. The van der Waals surface area contributed by atoms with Crippen LogP contribution in [0, 0.1) is 0 Å². The number of pyridine rings is 1. The summed E-state index contributed by atoms with van der Waals surface area (Å²) in [6, 6.07) is 15.6. The summed E-state index contributed by atoms with van der Waals surface area (Å²) in [5, 5.41) is 7.21. The van der Waals surface area contributed by atoms with Gasteiger partial charge in [-0.3, -0.25) is 9.78 Å². The van der Waals surface area contributed by atoms with E-state index in [-0.39, 0.29) is 11.4 Å². The monoisotopic (exact) mass is 431 g/mol. The lowest BCUT2D eigenvalue weighted by Gasteiger charge is -2.24. The molecule has 4 rings (SSSR count). The number of anilines is 1. The first-order valence-corrected chi connectivity index (χ1v) is 11.0. The normalized spacial score (nSPS) is 12.5. The van der Waals surface area contributed by atoms with Crippen molar-refractivity contribution in [1.29, 1.82) is 0 Å². The Morgan fingerprint density at radius 1 is 1.03 bits per heavy atom. The molecule has 6 nitrogen and oxygen atoms in total. The standard InChI is InChI=1S/C24H25N5OS/c1-15(22(30)29-24(2,3)4)26-21-18-13-19(16-9-6-5-7-10-16)31-23(18)28-20(27-21)17-11-8-12-25-14-17/h5-15H,1-4H3,(H,29,30)(H,26,27,28). The number of hydrogen-bond acceptors (Lipinski definition) is 6. The topological polar surface area (TPSA) is 79.8 Å². The highest BCUT2D eigenvalue weighted by Crippen LogP contribution is 2.36. The van der Waals surface area contributed by atoms with Crippen molar-refractivity contribution in [2.24, 2.45) is 0 Å². The molecule has 0 spiro atoms. The molecule has 3 aromatic heterocycles. The summed E-state index contributed by atoms with van der Waals surface area (Å²) < 4.78 is 0. The van der Waals surface area contributed by atoms with Crippen LogP contribution in [0.25, 0.3) is 32.0 Å². The maximum atomic E-state index is 12.7. The van der Waals surface area contributed by atoms with Gasteiger partial charge in [-0.1, -0.05) is 30.3 Å². The summed E-state index contributed by atoms with van der Waals surface area (Å²) in [5.41, 5.74) is 1.64. The Labute approximate surface area is 185 Å². The highest BCUT2D eigenvalue weighted by atomic mass is 32.1. The average molecular weight is 432 g/mol. The molecule has 0 bridgehead atoms.